The quantitative estimate of drug-likeness (QED) is 0.806. The van der Waals surface area contributed by atoms with Crippen LogP contribution in [0.4, 0.5) is 0 Å². The fourth-order valence-corrected chi connectivity index (χ4v) is 2.41. The first-order chi connectivity index (χ1) is 8.58. The molecule has 6 heteroatoms. The molecule has 0 bridgehead atoms. The average Bonchev–Trinajstić information content (AvgIpc) is 2.82. The van der Waals surface area contributed by atoms with E-state index in [0.717, 1.165) is 0 Å². The van der Waals surface area contributed by atoms with Gasteiger partial charge in [-0.3, -0.25) is 4.57 Å². The molecule has 0 saturated heterocycles. The number of rotatable bonds is 1. The molecule has 1 atom stereocenters. The minimum Gasteiger partial charge on any atom is -0.493 e. The summed E-state index contributed by atoms with van der Waals surface area (Å²) < 4.78 is 2.62. The summed E-state index contributed by atoms with van der Waals surface area (Å²) in [5.41, 5.74) is 0.683. The summed E-state index contributed by atoms with van der Waals surface area (Å²) in [5.74, 6) is -0.112. The van der Waals surface area contributed by atoms with Gasteiger partial charge in [0.05, 0.1) is 24.0 Å². The Kier molecular flexibility index (Phi) is 2.46. The second-order valence-electron chi connectivity index (χ2n) is 4.33. The molecule has 0 fully saturated rings. The van der Waals surface area contributed by atoms with E-state index in [1.807, 2.05) is 0 Å². The molecular formula is C12H11ClN2O3. The molecule has 5 nitrogen and oxygen atoms in total. The fraction of sp³-hybridized carbons (Fsp3) is 0.250. The zero-order chi connectivity index (χ0) is 12.9. The molecule has 0 aliphatic carbocycles. The summed E-state index contributed by atoms with van der Waals surface area (Å²) in [6, 6.07) is 6.63. The van der Waals surface area contributed by atoms with Gasteiger partial charge in [0.1, 0.15) is 0 Å². The number of aromatic hydroxyl groups is 1. The van der Waals surface area contributed by atoms with Crippen LogP contribution in [0.5, 0.6) is 5.88 Å². The molecule has 0 spiro atoms. The Morgan fingerprint density at radius 1 is 1.28 bits per heavy atom. The normalized spacial score (nSPS) is 18.0. The maximum Gasteiger partial charge on any atom is 0.336 e. The van der Waals surface area contributed by atoms with Crippen LogP contribution in [0.15, 0.2) is 29.1 Å². The molecule has 2 heterocycles. The van der Waals surface area contributed by atoms with Crippen molar-refractivity contribution in [2.45, 2.75) is 19.1 Å². The van der Waals surface area contributed by atoms with E-state index in [4.69, 9.17) is 11.6 Å². The Hall–Kier alpha value is -1.72. The maximum absolute atomic E-state index is 12.1. The van der Waals surface area contributed by atoms with Gasteiger partial charge in [0, 0.05) is 11.4 Å². The van der Waals surface area contributed by atoms with Crippen LogP contribution in [0, 0.1) is 0 Å². The van der Waals surface area contributed by atoms with Crippen LogP contribution in [0.2, 0.25) is 5.02 Å². The zero-order valence-electron chi connectivity index (χ0n) is 9.38. The van der Waals surface area contributed by atoms with Crippen LogP contribution >= 0.6 is 11.6 Å². The van der Waals surface area contributed by atoms with Gasteiger partial charge in [-0.25, -0.2) is 9.36 Å². The summed E-state index contributed by atoms with van der Waals surface area (Å²) in [6.45, 7) is 0.225. The van der Waals surface area contributed by atoms with E-state index < -0.39 is 6.10 Å². The third kappa shape index (κ3) is 1.55. The number of benzene rings is 1. The lowest BCUT2D eigenvalue weighted by molar-refractivity contribution is 0.173. The number of halogens is 1. The fourth-order valence-electron chi connectivity index (χ4n) is 2.29. The summed E-state index contributed by atoms with van der Waals surface area (Å²) in [5, 5.41) is 20.1. The molecule has 3 rings (SSSR count). The first-order valence-electron chi connectivity index (χ1n) is 5.55. The molecule has 18 heavy (non-hydrogen) atoms. The molecule has 2 N–H and O–H groups in total. The molecule has 0 amide bonds. The van der Waals surface area contributed by atoms with Crippen LogP contribution in [-0.2, 0) is 13.0 Å². The summed E-state index contributed by atoms with van der Waals surface area (Å²) in [6.07, 6.45) is -0.305. The van der Waals surface area contributed by atoms with Crippen molar-refractivity contribution in [1.29, 1.82) is 0 Å². The highest BCUT2D eigenvalue weighted by atomic mass is 35.5. The number of aromatic nitrogens is 2. The standard InChI is InChI=1S/C12H11ClN2O3/c13-7-1-3-8(4-2-7)15-11(17)10-5-9(16)6-14(10)12(15)18/h1-4,9,16-17H,5-6H2/t9-/m1/s1. The van der Waals surface area contributed by atoms with Crippen molar-refractivity contribution in [2.24, 2.45) is 0 Å². The van der Waals surface area contributed by atoms with E-state index in [9.17, 15) is 15.0 Å². The van der Waals surface area contributed by atoms with Gasteiger partial charge in [-0.2, -0.15) is 0 Å². The van der Waals surface area contributed by atoms with Gasteiger partial charge < -0.3 is 10.2 Å². The largest absolute Gasteiger partial charge is 0.493 e. The van der Waals surface area contributed by atoms with Crippen molar-refractivity contribution in [3.05, 3.63) is 45.5 Å². The van der Waals surface area contributed by atoms with E-state index in [0.29, 0.717) is 22.8 Å². The third-order valence-electron chi connectivity index (χ3n) is 3.13. The Morgan fingerprint density at radius 2 is 1.94 bits per heavy atom. The predicted octanol–water partition coefficient (Wildman–Crippen LogP) is 0.915. The first kappa shape index (κ1) is 11.4. The number of nitrogens with zero attached hydrogens (tertiary/aromatic N) is 2. The van der Waals surface area contributed by atoms with Crippen molar-refractivity contribution in [1.82, 2.24) is 9.13 Å². The van der Waals surface area contributed by atoms with E-state index in [2.05, 4.69) is 0 Å². The van der Waals surface area contributed by atoms with Crippen molar-refractivity contribution in [2.75, 3.05) is 0 Å². The Labute approximate surface area is 107 Å². The predicted molar refractivity (Wildman–Crippen MR) is 66.4 cm³/mol. The van der Waals surface area contributed by atoms with Crippen molar-refractivity contribution in [3.63, 3.8) is 0 Å². The molecule has 94 valence electrons. The second kappa shape index (κ2) is 3.90. The van der Waals surface area contributed by atoms with Crippen LogP contribution in [0.3, 0.4) is 0 Å². The average molecular weight is 267 g/mol. The maximum atomic E-state index is 12.1. The lowest BCUT2D eigenvalue weighted by atomic mass is 10.2. The van der Waals surface area contributed by atoms with Crippen LogP contribution in [-0.4, -0.2) is 25.5 Å². The molecule has 1 aliphatic heterocycles. The van der Waals surface area contributed by atoms with Gasteiger partial charge >= 0.3 is 5.69 Å². The van der Waals surface area contributed by atoms with Gasteiger partial charge in [-0.05, 0) is 24.3 Å². The highest BCUT2D eigenvalue weighted by molar-refractivity contribution is 6.30. The third-order valence-corrected chi connectivity index (χ3v) is 3.38. The SMILES string of the molecule is O=c1n2c(c(O)n1-c1ccc(Cl)cc1)C[C@@H](O)C2. The number of imidazole rings is 1. The van der Waals surface area contributed by atoms with Crippen molar-refractivity contribution >= 4 is 11.6 Å². The summed E-state index contributed by atoms with van der Waals surface area (Å²) >= 11 is 5.78. The van der Waals surface area contributed by atoms with Gasteiger partial charge in [-0.1, -0.05) is 11.6 Å². The highest BCUT2D eigenvalue weighted by Gasteiger charge is 2.28. The topological polar surface area (TPSA) is 67.4 Å². The molecule has 2 aromatic rings. The number of fused-ring (bicyclic) bond motifs is 1. The van der Waals surface area contributed by atoms with Gasteiger partial charge in [-0.15, -0.1) is 0 Å². The van der Waals surface area contributed by atoms with Crippen molar-refractivity contribution in [3.8, 4) is 11.6 Å². The van der Waals surface area contributed by atoms with Crippen LogP contribution in [0.25, 0.3) is 5.69 Å². The highest BCUT2D eigenvalue weighted by Crippen LogP contribution is 2.26. The summed E-state index contributed by atoms with van der Waals surface area (Å²) in [7, 11) is 0. The number of hydrogen-bond acceptors (Lipinski definition) is 3. The molecule has 0 saturated carbocycles. The van der Waals surface area contributed by atoms with Gasteiger partial charge in [0.15, 0.2) is 0 Å². The van der Waals surface area contributed by atoms with Gasteiger partial charge in [0.25, 0.3) is 0 Å². The minimum atomic E-state index is -0.599. The summed E-state index contributed by atoms with van der Waals surface area (Å²) in [4.78, 5) is 12.1. The van der Waals surface area contributed by atoms with Gasteiger partial charge in [0.2, 0.25) is 5.88 Å². The molecule has 1 aliphatic rings. The monoisotopic (exact) mass is 266 g/mol. The smallest absolute Gasteiger partial charge is 0.336 e. The Bertz CT molecular complexity index is 657. The molecule has 1 aromatic carbocycles. The minimum absolute atomic E-state index is 0.112. The number of aliphatic hydroxyl groups is 1. The van der Waals surface area contributed by atoms with E-state index in [1.165, 1.54) is 9.13 Å². The molecular weight excluding hydrogens is 256 g/mol. The Balaban J connectivity index is 2.18. The first-order valence-corrected chi connectivity index (χ1v) is 5.93. The zero-order valence-corrected chi connectivity index (χ0v) is 10.1. The van der Waals surface area contributed by atoms with E-state index >= 15 is 0 Å². The molecule has 0 unspecified atom stereocenters. The van der Waals surface area contributed by atoms with Crippen LogP contribution in [0.1, 0.15) is 5.69 Å². The van der Waals surface area contributed by atoms with Crippen LogP contribution < -0.4 is 5.69 Å². The lowest BCUT2D eigenvalue weighted by Gasteiger charge is -2.05. The number of aliphatic hydroxyl groups excluding tert-OH is 1. The lowest BCUT2D eigenvalue weighted by Crippen LogP contribution is -2.24. The molecule has 0 radical (unpaired) electrons. The van der Waals surface area contributed by atoms with Crippen molar-refractivity contribution < 1.29 is 10.2 Å². The van der Waals surface area contributed by atoms with E-state index in [-0.39, 0.29) is 18.1 Å². The Morgan fingerprint density at radius 3 is 2.56 bits per heavy atom. The van der Waals surface area contributed by atoms with E-state index in [1.54, 1.807) is 24.3 Å². The number of hydrogen-bond donors (Lipinski definition) is 2. The second-order valence-corrected chi connectivity index (χ2v) is 4.77. The molecule has 1 aromatic heterocycles.